The van der Waals surface area contributed by atoms with Crippen LogP contribution in [-0.2, 0) is 37.5 Å². The number of ether oxygens (including phenoxy) is 2. The second-order valence-electron chi connectivity index (χ2n) is 15.6. The highest BCUT2D eigenvalue weighted by atomic mass is 31.2. The summed E-state index contributed by atoms with van der Waals surface area (Å²) in [7, 11) is -4.71. The van der Waals surface area contributed by atoms with Crippen molar-refractivity contribution < 1.29 is 47.5 Å². The molecular weight excluding hydrogens is 721 g/mol. The van der Waals surface area contributed by atoms with Crippen LogP contribution < -0.4 is 5.73 Å². The van der Waals surface area contributed by atoms with E-state index in [1.54, 1.807) is 0 Å². The van der Waals surface area contributed by atoms with Gasteiger partial charge in [0.05, 0.1) is 13.2 Å². The minimum atomic E-state index is -4.71. The monoisotopic (exact) mass is 806 g/mol. The first-order chi connectivity index (χ1) is 26.6. The Bertz CT molecular complexity index is 952. The van der Waals surface area contributed by atoms with Crippen LogP contribution in [0.3, 0.4) is 0 Å². The van der Waals surface area contributed by atoms with Crippen LogP contribution in [0.2, 0.25) is 0 Å². The van der Waals surface area contributed by atoms with Gasteiger partial charge in [0.25, 0.3) is 0 Å². The lowest BCUT2D eigenvalue weighted by Gasteiger charge is -2.20. The Hall–Kier alpha value is -1.52. The van der Waals surface area contributed by atoms with Gasteiger partial charge in [-0.2, -0.15) is 0 Å². The maximum Gasteiger partial charge on any atom is 0.472 e. The van der Waals surface area contributed by atoms with Gasteiger partial charge in [-0.3, -0.25) is 23.4 Å². The molecule has 326 valence electrons. The first kappa shape index (κ1) is 53.5. The molecule has 0 rings (SSSR count). The van der Waals surface area contributed by atoms with Gasteiger partial charge in [-0.15, -0.1) is 0 Å². The third-order valence-corrected chi connectivity index (χ3v) is 11.1. The average Bonchev–Trinajstić information content (AvgIpc) is 3.16. The number of carboxylic acids is 1. The molecule has 0 heterocycles. The Morgan fingerprint density at radius 1 is 0.491 bits per heavy atom. The Labute approximate surface area is 335 Å². The Morgan fingerprint density at radius 2 is 0.800 bits per heavy atom. The van der Waals surface area contributed by atoms with E-state index >= 15 is 0 Å². The molecular formula is C43H84NO10P. The first-order valence-corrected chi connectivity index (χ1v) is 24.1. The molecule has 0 radical (unpaired) electrons. The second-order valence-corrected chi connectivity index (χ2v) is 17.0. The quantitative estimate of drug-likeness (QED) is 0.0304. The normalized spacial score (nSPS) is 13.7. The highest BCUT2D eigenvalue weighted by Gasteiger charge is 2.28. The molecule has 0 saturated heterocycles. The van der Waals surface area contributed by atoms with E-state index in [0.717, 1.165) is 38.5 Å². The number of hydrogen-bond acceptors (Lipinski definition) is 9. The lowest BCUT2D eigenvalue weighted by Crippen LogP contribution is -2.34. The van der Waals surface area contributed by atoms with Crippen molar-refractivity contribution >= 4 is 25.7 Å². The second kappa shape index (κ2) is 39.3. The molecule has 0 spiro atoms. The van der Waals surface area contributed by atoms with E-state index in [-0.39, 0.29) is 19.4 Å². The number of rotatable bonds is 43. The van der Waals surface area contributed by atoms with Crippen LogP contribution in [-0.4, -0.2) is 59.9 Å². The van der Waals surface area contributed by atoms with Crippen molar-refractivity contribution in [1.29, 1.82) is 0 Å². The Kier molecular flexibility index (Phi) is 38.2. The van der Waals surface area contributed by atoms with E-state index in [9.17, 15) is 23.8 Å². The number of aliphatic carboxylic acids is 1. The van der Waals surface area contributed by atoms with Crippen LogP contribution in [0.4, 0.5) is 0 Å². The van der Waals surface area contributed by atoms with E-state index in [1.807, 2.05) is 0 Å². The molecule has 0 fully saturated rings. The summed E-state index contributed by atoms with van der Waals surface area (Å²) in [6.07, 6.45) is 37.3. The summed E-state index contributed by atoms with van der Waals surface area (Å²) in [5.74, 6) is -2.36. The summed E-state index contributed by atoms with van der Waals surface area (Å²) in [6, 6.07) is -1.52. The first-order valence-electron chi connectivity index (χ1n) is 22.6. The smallest absolute Gasteiger partial charge is 0.472 e. The van der Waals surface area contributed by atoms with Gasteiger partial charge in [0.2, 0.25) is 0 Å². The highest BCUT2D eigenvalue weighted by Crippen LogP contribution is 2.43. The number of phosphoric acid groups is 1. The van der Waals surface area contributed by atoms with E-state index in [4.69, 9.17) is 24.8 Å². The fourth-order valence-corrected chi connectivity index (χ4v) is 7.32. The molecule has 0 amide bonds. The number of unbranched alkanes of at least 4 members (excludes halogenated alkanes) is 29. The topological polar surface area (TPSA) is 172 Å². The zero-order valence-corrected chi connectivity index (χ0v) is 36.2. The Balaban J connectivity index is 4.29. The molecule has 0 aliphatic carbocycles. The SMILES string of the molecule is CCCCCCCCCCCCCCCCCCC(=O)OC[C@H](COP(=O)(O)OC[C@H](N)C(=O)O)OC(=O)CCCCCCCCCCCCCCCCC. The van der Waals surface area contributed by atoms with Crippen molar-refractivity contribution in [2.45, 2.75) is 238 Å². The molecule has 1 unspecified atom stereocenters. The van der Waals surface area contributed by atoms with Gasteiger partial charge < -0.3 is 25.2 Å². The van der Waals surface area contributed by atoms with Crippen LogP contribution in [0.1, 0.15) is 226 Å². The summed E-state index contributed by atoms with van der Waals surface area (Å²) in [6.45, 7) is 2.84. The molecule has 0 saturated carbocycles. The van der Waals surface area contributed by atoms with Crippen molar-refractivity contribution in [3.8, 4) is 0 Å². The molecule has 0 aromatic carbocycles. The number of hydrogen-bond donors (Lipinski definition) is 3. The van der Waals surface area contributed by atoms with Crippen molar-refractivity contribution in [2.24, 2.45) is 5.73 Å². The number of esters is 2. The molecule has 11 nitrogen and oxygen atoms in total. The number of carbonyl (C=O) groups excluding carboxylic acids is 2. The van der Waals surface area contributed by atoms with E-state index in [0.29, 0.717) is 12.8 Å². The van der Waals surface area contributed by atoms with Gasteiger partial charge in [0.1, 0.15) is 12.6 Å². The summed E-state index contributed by atoms with van der Waals surface area (Å²) >= 11 is 0. The van der Waals surface area contributed by atoms with E-state index in [2.05, 4.69) is 18.4 Å². The third-order valence-electron chi connectivity index (χ3n) is 10.1. The fraction of sp³-hybridized carbons (Fsp3) is 0.930. The number of carboxylic acid groups (broad SMARTS) is 1. The summed E-state index contributed by atoms with van der Waals surface area (Å²) in [5.41, 5.74) is 5.34. The van der Waals surface area contributed by atoms with Crippen LogP contribution >= 0.6 is 7.82 Å². The Morgan fingerprint density at radius 3 is 1.15 bits per heavy atom. The van der Waals surface area contributed by atoms with Gasteiger partial charge in [-0.1, -0.05) is 200 Å². The van der Waals surface area contributed by atoms with Crippen molar-refractivity contribution in [2.75, 3.05) is 19.8 Å². The lowest BCUT2D eigenvalue weighted by molar-refractivity contribution is -0.161. The van der Waals surface area contributed by atoms with Crippen LogP contribution in [0.25, 0.3) is 0 Å². The summed E-state index contributed by atoms with van der Waals surface area (Å²) in [5, 5.41) is 8.89. The lowest BCUT2D eigenvalue weighted by atomic mass is 10.0. The predicted molar refractivity (Wildman–Crippen MR) is 222 cm³/mol. The predicted octanol–water partition coefficient (Wildman–Crippen LogP) is 11.9. The largest absolute Gasteiger partial charge is 0.480 e. The molecule has 0 aromatic heterocycles. The zero-order valence-electron chi connectivity index (χ0n) is 35.3. The van der Waals surface area contributed by atoms with Gasteiger partial charge in [-0.25, -0.2) is 4.57 Å². The highest BCUT2D eigenvalue weighted by molar-refractivity contribution is 7.47. The van der Waals surface area contributed by atoms with Crippen LogP contribution in [0, 0.1) is 0 Å². The number of nitrogens with two attached hydrogens (primary N) is 1. The molecule has 0 bridgehead atoms. The van der Waals surface area contributed by atoms with Gasteiger partial charge in [0.15, 0.2) is 6.10 Å². The minimum Gasteiger partial charge on any atom is -0.480 e. The van der Waals surface area contributed by atoms with Gasteiger partial charge in [0, 0.05) is 12.8 Å². The molecule has 12 heteroatoms. The van der Waals surface area contributed by atoms with Crippen LogP contribution in [0.15, 0.2) is 0 Å². The number of carbonyl (C=O) groups is 3. The van der Waals surface area contributed by atoms with Gasteiger partial charge in [-0.05, 0) is 12.8 Å². The molecule has 4 N–H and O–H groups in total. The average molecular weight is 806 g/mol. The molecule has 55 heavy (non-hydrogen) atoms. The minimum absolute atomic E-state index is 0.169. The molecule has 3 atom stereocenters. The fourth-order valence-electron chi connectivity index (χ4n) is 6.54. The molecule has 0 aromatic rings. The van der Waals surface area contributed by atoms with E-state index < -0.39 is 51.1 Å². The summed E-state index contributed by atoms with van der Waals surface area (Å²) < 4.78 is 32.7. The van der Waals surface area contributed by atoms with E-state index in [1.165, 1.54) is 148 Å². The molecule has 0 aliphatic heterocycles. The standard InChI is InChI=1S/C43H84NO10P/c1-3-5-7-9-11-13-15-17-19-21-22-24-26-28-30-32-34-41(45)51-36-39(37-52-55(49,50)53-38-40(44)43(47)48)54-42(46)35-33-31-29-27-25-23-20-18-16-14-12-10-8-6-4-2/h39-40H,3-38,44H2,1-2H3,(H,47,48)(H,49,50)/t39-,40+/m1/s1. The third kappa shape index (κ3) is 39.1. The number of phosphoric ester groups is 1. The summed E-state index contributed by atoms with van der Waals surface area (Å²) in [4.78, 5) is 46.0. The van der Waals surface area contributed by atoms with Crippen molar-refractivity contribution in [3.63, 3.8) is 0 Å². The maximum absolute atomic E-state index is 12.6. The zero-order chi connectivity index (χ0) is 40.7. The van der Waals surface area contributed by atoms with Crippen LogP contribution in [0.5, 0.6) is 0 Å². The van der Waals surface area contributed by atoms with Crippen molar-refractivity contribution in [3.05, 3.63) is 0 Å². The van der Waals surface area contributed by atoms with Crippen molar-refractivity contribution in [1.82, 2.24) is 0 Å². The molecule has 0 aliphatic rings. The maximum atomic E-state index is 12.6. The van der Waals surface area contributed by atoms with Gasteiger partial charge >= 0.3 is 25.7 Å².